The lowest BCUT2D eigenvalue weighted by Gasteiger charge is -2.11. The average molecular weight is 224 g/mol. The van der Waals surface area contributed by atoms with Crippen molar-refractivity contribution in [3.8, 4) is 0 Å². The van der Waals surface area contributed by atoms with E-state index in [4.69, 9.17) is 17.3 Å². The van der Waals surface area contributed by atoms with Crippen LogP contribution in [-0.2, 0) is 6.18 Å². The van der Waals surface area contributed by atoms with Crippen LogP contribution in [0.15, 0.2) is 18.2 Å². The molecule has 1 aromatic carbocycles. The van der Waals surface area contributed by atoms with Gasteiger partial charge in [0.25, 0.3) is 0 Å². The van der Waals surface area contributed by atoms with Crippen molar-refractivity contribution in [1.29, 1.82) is 0 Å². The normalized spacial score (nSPS) is 14.1. The minimum absolute atomic E-state index is 0.313. The van der Waals surface area contributed by atoms with Crippen LogP contribution in [0.4, 0.5) is 13.2 Å². The van der Waals surface area contributed by atoms with Gasteiger partial charge in [0.1, 0.15) is 0 Å². The van der Waals surface area contributed by atoms with Crippen molar-refractivity contribution in [2.75, 3.05) is 0 Å². The van der Waals surface area contributed by atoms with Crippen LogP contribution < -0.4 is 5.73 Å². The predicted octanol–water partition coefficient (Wildman–Crippen LogP) is 3.38. The standard InChI is InChI=1S/C9H9ClF3N/c1-5(14)6-2-3-7(8(10)4-6)9(11,12)13/h2-5H,14H2,1H3. The maximum absolute atomic E-state index is 12.3. The van der Waals surface area contributed by atoms with Crippen LogP contribution in [0.25, 0.3) is 0 Å². The zero-order valence-corrected chi connectivity index (χ0v) is 8.15. The highest BCUT2D eigenvalue weighted by molar-refractivity contribution is 6.31. The number of nitrogens with two attached hydrogens (primary N) is 1. The van der Waals surface area contributed by atoms with Gasteiger partial charge in [0.05, 0.1) is 10.6 Å². The summed E-state index contributed by atoms with van der Waals surface area (Å²) >= 11 is 5.48. The molecule has 0 aliphatic heterocycles. The van der Waals surface area contributed by atoms with Crippen LogP contribution in [0.5, 0.6) is 0 Å². The first-order valence-electron chi connectivity index (χ1n) is 3.94. The zero-order valence-electron chi connectivity index (χ0n) is 7.40. The molecule has 5 heteroatoms. The minimum atomic E-state index is -4.41. The maximum Gasteiger partial charge on any atom is 0.417 e. The van der Waals surface area contributed by atoms with Crippen LogP contribution in [-0.4, -0.2) is 0 Å². The molecule has 0 aromatic heterocycles. The highest BCUT2D eigenvalue weighted by Crippen LogP contribution is 2.35. The molecular weight excluding hydrogens is 215 g/mol. The summed E-state index contributed by atoms with van der Waals surface area (Å²) in [5.41, 5.74) is 5.26. The van der Waals surface area contributed by atoms with Crippen LogP contribution in [0.1, 0.15) is 24.1 Å². The van der Waals surface area contributed by atoms with Crippen LogP contribution in [0.3, 0.4) is 0 Å². The van der Waals surface area contributed by atoms with Crippen molar-refractivity contribution < 1.29 is 13.2 Å². The number of hydrogen-bond acceptors (Lipinski definition) is 1. The molecule has 2 N–H and O–H groups in total. The smallest absolute Gasteiger partial charge is 0.324 e. The lowest BCUT2D eigenvalue weighted by molar-refractivity contribution is -0.137. The summed E-state index contributed by atoms with van der Waals surface area (Å²) in [6.07, 6.45) is -4.41. The molecule has 0 heterocycles. The van der Waals surface area contributed by atoms with Gasteiger partial charge in [-0.3, -0.25) is 0 Å². The molecule has 1 rings (SSSR count). The van der Waals surface area contributed by atoms with Gasteiger partial charge in [0, 0.05) is 6.04 Å². The van der Waals surface area contributed by atoms with Crippen molar-refractivity contribution in [1.82, 2.24) is 0 Å². The van der Waals surface area contributed by atoms with Gasteiger partial charge < -0.3 is 5.73 Å². The summed E-state index contributed by atoms with van der Waals surface area (Å²) in [5.74, 6) is 0. The van der Waals surface area contributed by atoms with Crippen molar-refractivity contribution >= 4 is 11.6 Å². The second-order valence-electron chi connectivity index (χ2n) is 3.03. The van der Waals surface area contributed by atoms with Gasteiger partial charge in [-0.2, -0.15) is 13.2 Å². The van der Waals surface area contributed by atoms with Gasteiger partial charge in [-0.1, -0.05) is 17.7 Å². The quantitative estimate of drug-likeness (QED) is 0.776. The Morgan fingerprint density at radius 1 is 1.36 bits per heavy atom. The molecule has 0 bridgehead atoms. The Morgan fingerprint density at radius 2 is 1.93 bits per heavy atom. The molecule has 0 spiro atoms. The van der Waals surface area contributed by atoms with Crippen LogP contribution in [0.2, 0.25) is 5.02 Å². The van der Waals surface area contributed by atoms with Gasteiger partial charge in [-0.15, -0.1) is 0 Å². The predicted molar refractivity (Wildman–Crippen MR) is 49.1 cm³/mol. The Labute approximate surface area is 84.7 Å². The largest absolute Gasteiger partial charge is 0.417 e. The zero-order chi connectivity index (χ0) is 10.9. The Morgan fingerprint density at radius 3 is 2.29 bits per heavy atom. The van der Waals surface area contributed by atoms with Crippen molar-refractivity contribution in [2.45, 2.75) is 19.1 Å². The summed E-state index contributed by atoms with van der Waals surface area (Å²) in [6, 6.07) is 3.20. The number of benzene rings is 1. The van der Waals surface area contributed by atoms with Crippen molar-refractivity contribution in [3.63, 3.8) is 0 Å². The molecule has 0 saturated heterocycles. The molecule has 1 atom stereocenters. The van der Waals surface area contributed by atoms with Crippen molar-refractivity contribution in [3.05, 3.63) is 34.3 Å². The Hall–Kier alpha value is -0.740. The fraction of sp³-hybridized carbons (Fsp3) is 0.333. The third kappa shape index (κ3) is 2.39. The molecule has 0 saturated carbocycles. The molecule has 78 valence electrons. The fourth-order valence-corrected chi connectivity index (χ4v) is 1.34. The first-order valence-corrected chi connectivity index (χ1v) is 4.32. The molecule has 0 amide bonds. The van der Waals surface area contributed by atoms with Gasteiger partial charge in [-0.25, -0.2) is 0 Å². The van der Waals surface area contributed by atoms with Crippen LogP contribution in [0, 0.1) is 0 Å². The van der Waals surface area contributed by atoms with Crippen LogP contribution >= 0.6 is 11.6 Å². The number of rotatable bonds is 1. The SMILES string of the molecule is CC(N)c1ccc(C(F)(F)F)c(Cl)c1. The third-order valence-corrected chi connectivity index (χ3v) is 2.14. The average Bonchev–Trinajstić information content (AvgIpc) is 2.01. The Balaban J connectivity index is 3.15. The summed E-state index contributed by atoms with van der Waals surface area (Å²) < 4.78 is 36.8. The number of halogens is 4. The first kappa shape index (κ1) is 11.3. The molecular formula is C9H9ClF3N. The fourth-order valence-electron chi connectivity index (χ4n) is 1.04. The molecule has 0 radical (unpaired) electrons. The summed E-state index contributed by atoms with van der Waals surface area (Å²) in [4.78, 5) is 0. The van der Waals surface area contributed by atoms with E-state index in [0.29, 0.717) is 5.56 Å². The monoisotopic (exact) mass is 223 g/mol. The molecule has 0 aliphatic carbocycles. The minimum Gasteiger partial charge on any atom is -0.324 e. The van der Waals surface area contributed by atoms with E-state index in [1.807, 2.05) is 0 Å². The molecule has 0 aliphatic rings. The van der Waals surface area contributed by atoms with E-state index < -0.39 is 11.7 Å². The Kier molecular flexibility index (Phi) is 3.07. The lowest BCUT2D eigenvalue weighted by Crippen LogP contribution is -2.09. The highest BCUT2D eigenvalue weighted by Gasteiger charge is 2.33. The molecule has 0 fully saturated rings. The summed E-state index contributed by atoms with van der Waals surface area (Å²) in [7, 11) is 0. The summed E-state index contributed by atoms with van der Waals surface area (Å²) in [5, 5.41) is -0.313. The van der Waals surface area contributed by atoms with Crippen molar-refractivity contribution in [2.24, 2.45) is 5.73 Å². The topological polar surface area (TPSA) is 26.0 Å². The van der Waals surface area contributed by atoms with Gasteiger partial charge >= 0.3 is 6.18 Å². The maximum atomic E-state index is 12.3. The number of hydrogen-bond donors (Lipinski definition) is 1. The van der Waals surface area contributed by atoms with E-state index in [0.717, 1.165) is 6.07 Å². The molecule has 14 heavy (non-hydrogen) atoms. The van der Waals surface area contributed by atoms with E-state index in [1.165, 1.54) is 12.1 Å². The molecule has 1 unspecified atom stereocenters. The van der Waals surface area contributed by atoms with Gasteiger partial charge in [0.2, 0.25) is 0 Å². The molecule has 1 nitrogen and oxygen atoms in total. The van der Waals surface area contributed by atoms with E-state index in [1.54, 1.807) is 6.92 Å². The third-order valence-electron chi connectivity index (χ3n) is 1.82. The van der Waals surface area contributed by atoms with E-state index >= 15 is 0 Å². The first-order chi connectivity index (χ1) is 6.32. The Bertz CT molecular complexity index is 333. The highest BCUT2D eigenvalue weighted by atomic mass is 35.5. The number of alkyl halides is 3. The second kappa shape index (κ2) is 3.79. The second-order valence-corrected chi connectivity index (χ2v) is 3.43. The van der Waals surface area contributed by atoms with E-state index in [-0.39, 0.29) is 11.1 Å². The lowest BCUT2D eigenvalue weighted by atomic mass is 10.1. The van der Waals surface area contributed by atoms with E-state index in [9.17, 15) is 13.2 Å². The van der Waals surface area contributed by atoms with E-state index in [2.05, 4.69) is 0 Å². The summed E-state index contributed by atoms with van der Waals surface area (Å²) in [6.45, 7) is 1.68. The van der Waals surface area contributed by atoms with Gasteiger partial charge in [-0.05, 0) is 24.6 Å². The van der Waals surface area contributed by atoms with Gasteiger partial charge in [0.15, 0.2) is 0 Å². The molecule has 1 aromatic rings.